The summed E-state index contributed by atoms with van der Waals surface area (Å²) in [5.41, 5.74) is 0.771. The van der Waals surface area contributed by atoms with Crippen LogP contribution in [0.1, 0.15) is 16.1 Å². The summed E-state index contributed by atoms with van der Waals surface area (Å²) >= 11 is 0. The maximum absolute atomic E-state index is 11.7. The van der Waals surface area contributed by atoms with Gasteiger partial charge in [-0.25, -0.2) is 9.97 Å². The SMILES string of the molecule is Cc1ccnc(NC(=O)c2c[nH]c(=O)cn2)c1. The molecule has 0 aliphatic heterocycles. The van der Waals surface area contributed by atoms with Crippen molar-refractivity contribution < 1.29 is 4.79 Å². The largest absolute Gasteiger partial charge is 0.325 e. The van der Waals surface area contributed by atoms with Crippen LogP contribution in [0.4, 0.5) is 5.82 Å². The van der Waals surface area contributed by atoms with Crippen molar-refractivity contribution in [1.29, 1.82) is 0 Å². The lowest BCUT2D eigenvalue weighted by atomic mass is 10.3. The average molecular weight is 230 g/mol. The van der Waals surface area contributed by atoms with E-state index in [0.717, 1.165) is 11.8 Å². The highest BCUT2D eigenvalue weighted by Crippen LogP contribution is 2.06. The van der Waals surface area contributed by atoms with Crippen LogP contribution in [0.25, 0.3) is 0 Å². The van der Waals surface area contributed by atoms with E-state index in [0.29, 0.717) is 5.82 Å². The third-order valence-corrected chi connectivity index (χ3v) is 2.06. The first-order chi connectivity index (χ1) is 8.15. The van der Waals surface area contributed by atoms with Crippen LogP contribution in [0.15, 0.2) is 35.5 Å². The van der Waals surface area contributed by atoms with E-state index in [1.54, 1.807) is 12.3 Å². The van der Waals surface area contributed by atoms with E-state index >= 15 is 0 Å². The van der Waals surface area contributed by atoms with Crippen LogP contribution in [0.3, 0.4) is 0 Å². The highest BCUT2D eigenvalue weighted by Gasteiger charge is 2.07. The Bertz CT molecular complexity index is 586. The van der Waals surface area contributed by atoms with Gasteiger partial charge in [-0.05, 0) is 24.6 Å². The molecule has 2 N–H and O–H groups in total. The molecule has 2 aromatic rings. The minimum atomic E-state index is -0.417. The molecule has 17 heavy (non-hydrogen) atoms. The van der Waals surface area contributed by atoms with E-state index < -0.39 is 5.91 Å². The molecule has 0 bridgehead atoms. The van der Waals surface area contributed by atoms with Gasteiger partial charge in [0.2, 0.25) is 0 Å². The number of rotatable bonds is 2. The summed E-state index contributed by atoms with van der Waals surface area (Å²) in [5, 5.41) is 2.58. The molecule has 0 spiro atoms. The van der Waals surface area contributed by atoms with Gasteiger partial charge in [-0.2, -0.15) is 0 Å². The number of anilines is 1. The van der Waals surface area contributed by atoms with Crippen molar-refractivity contribution >= 4 is 11.7 Å². The molecule has 86 valence electrons. The number of hydrogen-bond donors (Lipinski definition) is 2. The molecule has 0 unspecified atom stereocenters. The van der Waals surface area contributed by atoms with E-state index in [1.807, 2.05) is 13.0 Å². The van der Waals surface area contributed by atoms with E-state index in [-0.39, 0.29) is 11.3 Å². The predicted molar refractivity (Wildman–Crippen MR) is 61.8 cm³/mol. The number of hydrogen-bond acceptors (Lipinski definition) is 4. The third-order valence-electron chi connectivity index (χ3n) is 2.06. The van der Waals surface area contributed by atoms with Crippen LogP contribution in [-0.2, 0) is 0 Å². The Kier molecular flexibility index (Phi) is 2.95. The predicted octanol–water partition coefficient (Wildman–Crippen LogP) is 0.726. The topological polar surface area (TPSA) is 87.7 Å². The molecule has 0 saturated carbocycles. The minimum absolute atomic E-state index is 0.132. The minimum Gasteiger partial charge on any atom is -0.325 e. The molecule has 6 nitrogen and oxygen atoms in total. The molecule has 1 amide bonds. The van der Waals surface area contributed by atoms with Crippen LogP contribution in [-0.4, -0.2) is 20.9 Å². The number of carbonyl (C=O) groups is 1. The molecule has 0 aliphatic carbocycles. The molecule has 0 aliphatic rings. The number of pyridine rings is 1. The fourth-order valence-corrected chi connectivity index (χ4v) is 1.25. The fourth-order valence-electron chi connectivity index (χ4n) is 1.25. The number of H-pyrrole nitrogens is 1. The first kappa shape index (κ1) is 11.0. The number of carbonyl (C=O) groups excluding carboxylic acids is 1. The summed E-state index contributed by atoms with van der Waals surface area (Å²) < 4.78 is 0. The Balaban J connectivity index is 2.17. The lowest BCUT2D eigenvalue weighted by Crippen LogP contribution is -2.17. The lowest BCUT2D eigenvalue weighted by molar-refractivity contribution is 0.102. The Morgan fingerprint density at radius 3 is 2.88 bits per heavy atom. The fraction of sp³-hybridized carbons (Fsp3) is 0.0909. The van der Waals surface area contributed by atoms with Gasteiger partial charge < -0.3 is 10.3 Å². The highest BCUT2D eigenvalue weighted by atomic mass is 16.2. The van der Waals surface area contributed by atoms with Crippen molar-refractivity contribution in [2.24, 2.45) is 0 Å². The summed E-state index contributed by atoms with van der Waals surface area (Å²) in [5.74, 6) is 0.0300. The Hall–Kier alpha value is -2.50. The average Bonchev–Trinajstić information content (AvgIpc) is 2.29. The van der Waals surface area contributed by atoms with Gasteiger partial charge in [0.15, 0.2) is 0 Å². The highest BCUT2D eigenvalue weighted by molar-refractivity contribution is 6.02. The standard InChI is InChI=1S/C11H10N4O2/c1-7-2-3-12-9(4-7)15-11(17)8-5-14-10(16)6-13-8/h2-6H,1H3,(H,14,16)(H,12,15,17). The van der Waals surface area contributed by atoms with Crippen molar-refractivity contribution in [3.05, 3.63) is 52.3 Å². The quantitative estimate of drug-likeness (QED) is 0.795. The van der Waals surface area contributed by atoms with Gasteiger partial charge in [0.1, 0.15) is 11.5 Å². The van der Waals surface area contributed by atoms with Crippen LogP contribution in [0, 0.1) is 6.92 Å². The molecule has 2 heterocycles. The first-order valence-corrected chi connectivity index (χ1v) is 4.94. The molecule has 0 fully saturated rings. The van der Waals surface area contributed by atoms with Crippen LogP contribution in [0.2, 0.25) is 0 Å². The van der Waals surface area contributed by atoms with Crippen molar-refractivity contribution in [2.45, 2.75) is 6.92 Å². The van der Waals surface area contributed by atoms with Crippen molar-refractivity contribution in [3.8, 4) is 0 Å². The smallest absolute Gasteiger partial charge is 0.276 e. The number of nitrogens with zero attached hydrogens (tertiary/aromatic N) is 2. The molecule has 2 aromatic heterocycles. The monoisotopic (exact) mass is 230 g/mol. The number of aromatic amines is 1. The molecule has 0 atom stereocenters. The second-order valence-electron chi connectivity index (χ2n) is 3.47. The van der Waals surface area contributed by atoms with Gasteiger partial charge in [-0.1, -0.05) is 0 Å². The molecule has 6 heteroatoms. The van der Waals surface area contributed by atoms with E-state index in [4.69, 9.17) is 0 Å². The molecule has 2 rings (SSSR count). The van der Waals surface area contributed by atoms with E-state index in [1.165, 1.54) is 6.20 Å². The maximum Gasteiger partial charge on any atom is 0.276 e. The van der Waals surface area contributed by atoms with Crippen molar-refractivity contribution in [1.82, 2.24) is 15.0 Å². The van der Waals surface area contributed by atoms with Crippen molar-refractivity contribution in [2.75, 3.05) is 5.32 Å². The number of aryl methyl sites for hydroxylation is 1. The van der Waals surface area contributed by atoms with Gasteiger partial charge >= 0.3 is 0 Å². The van der Waals surface area contributed by atoms with Crippen LogP contribution in [0.5, 0.6) is 0 Å². The van der Waals surface area contributed by atoms with Crippen LogP contribution < -0.4 is 10.9 Å². The second-order valence-corrected chi connectivity index (χ2v) is 3.47. The molecular weight excluding hydrogens is 220 g/mol. The zero-order chi connectivity index (χ0) is 12.3. The van der Waals surface area contributed by atoms with Gasteiger partial charge in [-0.3, -0.25) is 9.59 Å². The van der Waals surface area contributed by atoms with E-state index in [9.17, 15) is 9.59 Å². The zero-order valence-electron chi connectivity index (χ0n) is 9.10. The second kappa shape index (κ2) is 4.56. The molecule has 0 aromatic carbocycles. The van der Waals surface area contributed by atoms with Crippen molar-refractivity contribution in [3.63, 3.8) is 0 Å². The summed E-state index contributed by atoms with van der Waals surface area (Å²) in [4.78, 5) is 32.6. The van der Waals surface area contributed by atoms with Gasteiger partial charge in [0.05, 0.1) is 6.20 Å². The van der Waals surface area contributed by atoms with Gasteiger partial charge in [0.25, 0.3) is 11.5 Å². The summed E-state index contributed by atoms with van der Waals surface area (Å²) in [7, 11) is 0. The molecule has 0 saturated heterocycles. The summed E-state index contributed by atoms with van der Waals surface area (Å²) in [6.45, 7) is 1.90. The van der Waals surface area contributed by atoms with Gasteiger partial charge in [0, 0.05) is 12.4 Å². The van der Waals surface area contributed by atoms with Gasteiger partial charge in [-0.15, -0.1) is 0 Å². The summed E-state index contributed by atoms with van der Waals surface area (Å²) in [6, 6.07) is 3.57. The number of nitrogens with one attached hydrogen (secondary N) is 2. The maximum atomic E-state index is 11.7. The first-order valence-electron chi connectivity index (χ1n) is 4.94. The number of aromatic nitrogens is 3. The Labute approximate surface area is 96.8 Å². The van der Waals surface area contributed by atoms with Crippen LogP contribution >= 0.6 is 0 Å². The Morgan fingerprint density at radius 1 is 1.41 bits per heavy atom. The normalized spacial score (nSPS) is 9.94. The molecular formula is C11H10N4O2. The summed E-state index contributed by atoms with van der Waals surface area (Å²) in [6.07, 6.45) is 3.91. The number of amides is 1. The van der Waals surface area contributed by atoms with E-state index in [2.05, 4.69) is 20.3 Å². The Morgan fingerprint density at radius 2 is 2.24 bits per heavy atom. The zero-order valence-corrected chi connectivity index (χ0v) is 9.10. The lowest BCUT2D eigenvalue weighted by Gasteiger charge is -2.03. The third kappa shape index (κ3) is 2.75. The molecule has 0 radical (unpaired) electrons.